The summed E-state index contributed by atoms with van der Waals surface area (Å²) in [6, 6.07) is -0.731. The van der Waals surface area contributed by atoms with Gasteiger partial charge in [0.15, 0.2) is 0 Å². The van der Waals surface area contributed by atoms with Gasteiger partial charge in [-0.2, -0.15) is 0 Å². The molecule has 0 aliphatic carbocycles. The van der Waals surface area contributed by atoms with Crippen LogP contribution in [0.2, 0.25) is 0 Å². The lowest BCUT2D eigenvalue weighted by atomic mass is 10.0. The number of amides is 1. The molecule has 0 saturated heterocycles. The molecule has 3 N–H and O–H groups in total. The zero-order valence-corrected chi connectivity index (χ0v) is 41.6. The van der Waals surface area contributed by atoms with Crippen LogP contribution in [0.25, 0.3) is 0 Å². The third kappa shape index (κ3) is 45.4. The molecule has 366 valence electrons. The Hall–Kier alpha value is -3.22. The minimum atomic E-state index is -0.813. The molecule has 6 nitrogen and oxygen atoms in total. The molecule has 1 amide bonds. The maximum atomic E-state index is 13.2. The van der Waals surface area contributed by atoms with Gasteiger partial charge >= 0.3 is 5.97 Å². The highest BCUT2D eigenvalue weighted by Crippen LogP contribution is 2.17. The lowest BCUT2D eigenvalue weighted by molar-refractivity contribution is -0.151. The molecule has 0 saturated carbocycles. The van der Waals surface area contributed by atoms with Crippen molar-refractivity contribution in [1.29, 1.82) is 0 Å². The molecule has 0 rings (SSSR count). The van der Waals surface area contributed by atoms with Gasteiger partial charge in [0.25, 0.3) is 0 Å². The number of unbranched alkanes of at least 4 members (excludes halogenated alkanes) is 21. The third-order valence-corrected chi connectivity index (χ3v) is 11.5. The Balaban J connectivity index is 4.79. The predicted molar refractivity (Wildman–Crippen MR) is 277 cm³/mol. The molecule has 0 aliphatic heterocycles. The van der Waals surface area contributed by atoms with Gasteiger partial charge in [0.1, 0.15) is 6.10 Å². The highest BCUT2D eigenvalue weighted by Gasteiger charge is 2.24. The van der Waals surface area contributed by atoms with Gasteiger partial charge in [0.2, 0.25) is 5.91 Å². The van der Waals surface area contributed by atoms with E-state index in [0.717, 1.165) is 77.0 Å². The van der Waals surface area contributed by atoms with Crippen molar-refractivity contribution in [2.24, 2.45) is 0 Å². The molecule has 0 heterocycles. The van der Waals surface area contributed by atoms with Crippen LogP contribution < -0.4 is 5.32 Å². The quantitative estimate of drug-likeness (QED) is 0.0245. The average Bonchev–Trinajstić information content (AvgIpc) is 3.29. The molecule has 0 radical (unpaired) electrons. The standard InChI is InChI=1S/C58H99NO5/c1-4-7-10-13-16-19-22-25-27-29-31-33-36-39-42-45-48-51-58(63)64-54(49-46-43-40-37-34-32-30-28-26-23-20-17-14-11-8-5-2)52-57(62)59-55(53-60)56(61)50-47-44-41-38-35-24-21-18-15-12-9-6-3/h16-17,19-20,23,25-28,30-34,39,42,54-56,60-61H,4-15,18,21-22,24,29,35-38,40-41,43-53H2,1-3H3,(H,59,62)/b19-16-,20-17+,26-23+,27-25-,30-28+,33-31-,34-32+,42-39-. The van der Waals surface area contributed by atoms with Crippen LogP contribution in [0.5, 0.6) is 0 Å². The Bertz CT molecular complexity index is 1270. The minimum Gasteiger partial charge on any atom is -0.462 e. The van der Waals surface area contributed by atoms with Gasteiger partial charge in [0.05, 0.1) is 25.2 Å². The van der Waals surface area contributed by atoms with Crippen LogP contribution in [-0.2, 0) is 14.3 Å². The summed E-state index contributed by atoms with van der Waals surface area (Å²) in [6.07, 6.45) is 67.5. The van der Waals surface area contributed by atoms with E-state index in [1.54, 1.807) is 0 Å². The molecule has 0 aromatic rings. The molecule has 0 fully saturated rings. The molecule has 3 atom stereocenters. The fraction of sp³-hybridized carbons (Fsp3) is 0.690. The van der Waals surface area contributed by atoms with Crippen molar-refractivity contribution in [3.05, 3.63) is 97.2 Å². The van der Waals surface area contributed by atoms with E-state index < -0.39 is 18.2 Å². The van der Waals surface area contributed by atoms with Gasteiger partial charge in [-0.15, -0.1) is 0 Å². The van der Waals surface area contributed by atoms with Gasteiger partial charge in [-0.1, -0.05) is 227 Å². The number of aliphatic hydroxyl groups is 2. The Labute approximate surface area is 395 Å². The van der Waals surface area contributed by atoms with Crippen molar-refractivity contribution in [3.8, 4) is 0 Å². The summed E-state index contributed by atoms with van der Waals surface area (Å²) >= 11 is 0. The van der Waals surface area contributed by atoms with Crippen LogP contribution in [0, 0.1) is 0 Å². The third-order valence-electron chi connectivity index (χ3n) is 11.5. The summed E-state index contributed by atoms with van der Waals surface area (Å²) in [7, 11) is 0. The van der Waals surface area contributed by atoms with Crippen LogP contribution >= 0.6 is 0 Å². The maximum Gasteiger partial charge on any atom is 0.306 e. The van der Waals surface area contributed by atoms with Crippen molar-refractivity contribution in [2.75, 3.05) is 6.61 Å². The smallest absolute Gasteiger partial charge is 0.306 e. The zero-order chi connectivity index (χ0) is 46.7. The molecular formula is C58H99NO5. The zero-order valence-electron chi connectivity index (χ0n) is 41.6. The lowest BCUT2D eigenvalue weighted by Crippen LogP contribution is -2.46. The normalized spacial score (nSPS) is 14.0. The van der Waals surface area contributed by atoms with Crippen molar-refractivity contribution in [2.45, 2.75) is 251 Å². The molecule has 64 heavy (non-hydrogen) atoms. The van der Waals surface area contributed by atoms with E-state index in [-0.39, 0.29) is 24.9 Å². The summed E-state index contributed by atoms with van der Waals surface area (Å²) < 4.78 is 5.89. The minimum absolute atomic E-state index is 0.0247. The van der Waals surface area contributed by atoms with Crippen molar-refractivity contribution in [1.82, 2.24) is 5.32 Å². The summed E-state index contributed by atoms with van der Waals surface area (Å²) in [5.41, 5.74) is 0. The number of ether oxygens (including phenoxy) is 1. The fourth-order valence-electron chi connectivity index (χ4n) is 7.43. The summed E-state index contributed by atoms with van der Waals surface area (Å²) in [5, 5.41) is 23.8. The summed E-state index contributed by atoms with van der Waals surface area (Å²) in [6.45, 7) is 6.38. The first-order valence-electron chi connectivity index (χ1n) is 26.5. The molecule has 0 bridgehead atoms. The molecule has 0 aliphatic rings. The van der Waals surface area contributed by atoms with Crippen molar-refractivity contribution in [3.63, 3.8) is 0 Å². The fourth-order valence-corrected chi connectivity index (χ4v) is 7.43. The maximum absolute atomic E-state index is 13.2. The van der Waals surface area contributed by atoms with E-state index in [1.807, 2.05) is 18.2 Å². The van der Waals surface area contributed by atoms with E-state index in [0.29, 0.717) is 25.7 Å². The van der Waals surface area contributed by atoms with Gasteiger partial charge in [0, 0.05) is 6.42 Å². The van der Waals surface area contributed by atoms with Crippen molar-refractivity contribution >= 4 is 11.9 Å². The highest BCUT2D eigenvalue weighted by atomic mass is 16.5. The number of hydrogen-bond acceptors (Lipinski definition) is 5. The van der Waals surface area contributed by atoms with Gasteiger partial charge < -0.3 is 20.3 Å². The van der Waals surface area contributed by atoms with E-state index in [4.69, 9.17) is 4.74 Å². The number of carbonyl (C=O) groups is 2. The van der Waals surface area contributed by atoms with Crippen LogP contribution in [0.4, 0.5) is 0 Å². The molecule has 0 aromatic carbocycles. The van der Waals surface area contributed by atoms with Crippen LogP contribution in [-0.4, -0.2) is 46.9 Å². The second kappa shape index (κ2) is 50.8. The van der Waals surface area contributed by atoms with Crippen molar-refractivity contribution < 1.29 is 24.5 Å². The van der Waals surface area contributed by atoms with Gasteiger partial charge in [-0.05, 0) is 89.9 Å². The van der Waals surface area contributed by atoms with Crippen LogP contribution in [0.3, 0.4) is 0 Å². The SMILES string of the molecule is CCCCC/C=C\C/C=C\C/C=C\C/C=C\CCCC(=O)OC(CCCCC/C=C/C=C/C=C/C=C/CCCCC)CC(=O)NC(CO)C(O)CCCCCCCCCCCCCC. The monoisotopic (exact) mass is 890 g/mol. The number of esters is 1. The first-order chi connectivity index (χ1) is 31.5. The lowest BCUT2D eigenvalue weighted by Gasteiger charge is -2.24. The predicted octanol–water partition coefficient (Wildman–Crippen LogP) is 16.1. The molecule has 0 aromatic heterocycles. The molecule has 3 unspecified atom stereocenters. The topological polar surface area (TPSA) is 95.9 Å². The Morgan fingerprint density at radius 1 is 0.469 bits per heavy atom. The van der Waals surface area contributed by atoms with Crippen LogP contribution in [0.15, 0.2) is 97.2 Å². The number of aliphatic hydroxyl groups excluding tert-OH is 2. The van der Waals surface area contributed by atoms with E-state index in [1.165, 1.54) is 103 Å². The molecule has 0 spiro atoms. The summed E-state index contributed by atoms with van der Waals surface area (Å²) in [5.74, 6) is -0.586. The largest absolute Gasteiger partial charge is 0.462 e. The molecular weight excluding hydrogens is 791 g/mol. The molecule has 6 heteroatoms. The summed E-state index contributed by atoms with van der Waals surface area (Å²) in [4.78, 5) is 26.2. The first kappa shape index (κ1) is 60.8. The number of hydrogen-bond donors (Lipinski definition) is 3. The Kier molecular flexibility index (Phi) is 48.2. The first-order valence-corrected chi connectivity index (χ1v) is 26.5. The number of rotatable bonds is 46. The van der Waals surface area contributed by atoms with Gasteiger partial charge in [-0.3, -0.25) is 9.59 Å². The Morgan fingerprint density at radius 3 is 1.38 bits per heavy atom. The second-order valence-electron chi connectivity index (χ2n) is 17.7. The highest BCUT2D eigenvalue weighted by molar-refractivity contribution is 5.77. The second-order valence-corrected chi connectivity index (χ2v) is 17.7. The number of allylic oxidation sites excluding steroid dienone is 16. The van der Waals surface area contributed by atoms with Crippen LogP contribution in [0.1, 0.15) is 233 Å². The number of carbonyl (C=O) groups excluding carboxylic acids is 2. The van der Waals surface area contributed by atoms with E-state index in [2.05, 4.69) is 105 Å². The van der Waals surface area contributed by atoms with Gasteiger partial charge in [-0.25, -0.2) is 0 Å². The Morgan fingerprint density at radius 2 is 0.859 bits per heavy atom. The number of nitrogens with one attached hydrogen (secondary N) is 1. The van der Waals surface area contributed by atoms with E-state index >= 15 is 0 Å². The van der Waals surface area contributed by atoms with E-state index in [9.17, 15) is 19.8 Å². The average molecular weight is 890 g/mol.